The zero-order valence-corrected chi connectivity index (χ0v) is 33.0. The molecule has 0 bridgehead atoms. The van der Waals surface area contributed by atoms with Gasteiger partial charge in [0.1, 0.15) is 6.61 Å². The summed E-state index contributed by atoms with van der Waals surface area (Å²) in [4.78, 5) is 11.7. The van der Waals surface area contributed by atoms with Gasteiger partial charge in [-0.2, -0.15) is 0 Å². The summed E-state index contributed by atoms with van der Waals surface area (Å²) in [6.45, 7) is 21.4. The van der Waals surface area contributed by atoms with Crippen LogP contribution in [0.3, 0.4) is 0 Å². The van der Waals surface area contributed by atoms with Gasteiger partial charge in [0.2, 0.25) is 0 Å². The summed E-state index contributed by atoms with van der Waals surface area (Å²) in [6, 6.07) is 0.827. The van der Waals surface area contributed by atoms with Gasteiger partial charge in [-0.15, -0.1) is 0 Å². The van der Waals surface area contributed by atoms with Gasteiger partial charge in [0.25, 0.3) is 0 Å². The van der Waals surface area contributed by atoms with Crippen molar-refractivity contribution < 1.29 is 26.6 Å². The van der Waals surface area contributed by atoms with E-state index in [0.29, 0.717) is 35.4 Å². The number of rotatable bonds is 17. The highest BCUT2D eigenvalue weighted by Gasteiger charge is 2.56. The summed E-state index contributed by atoms with van der Waals surface area (Å²) in [5.74, 6) is -0.357. The number of esters is 1. The largest absolute Gasteiger partial charge is 0.469 e. The molecule has 6 nitrogen and oxygen atoms in total. The quantitative estimate of drug-likeness (QED) is 0.0664. The Labute approximate surface area is 269 Å². The molecule has 0 saturated heterocycles. The molecule has 0 aromatic rings. The van der Waals surface area contributed by atoms with Crippen molar-refractivity contribution in [1.82, 2.24) is 0 Å². The number of carbonyl (C=O) groups excluding carboxylic acids is 1. The van der Waals surface area contributed by atoms with Crippen molar-refractivity contribution in [2.75, 3.05) is 19.8 Å². The Bertz CT molecular complexity index is 783. The van der Waals surface area contributed by atoms with Crippen LogP contribution < -0.4 is 0 Å². The maximum absolute atomic E-state index is 11.7. The minimum atomic E-state index is -3.05. The smallest absolute Gasteiger partial charge is 0.460 e. The molecule has 250 valence electrons. The molecule has 0 N–H and O–H groups in total. The molecule has 3 rings (SSSR count). The van der Waals surface area contributed by atoms with Crippen LogP contribution in [0.4, 0.5) is 0 Å². The topological polar surface area (TPSA) is 63.2 Å². The van der Waals surface area contributed by atoms with E-state index in [0.717, 1.165) is 12.5 Å². The van der Waals surface area contributed by atoms with Gasteiger partial charge in [0.15, 0.2) is 25.0 Å². The van der Waals surface area contributed by atoms with Crippen molar-refractivity contribution in [2.45, 2.75) is 172 Å². The summed E-state index contributed by atoms with van der Waals surface area (Å²) >= 11 is 0. The molecule has 0 aromatic carbocycles. The van der Waals surface area contributed by atoms with Crippen molar-refractivity contribution in [3.05, 3.63) is 12.2 Å². The van der Waals surface area contributed by atoms with Crippen LogP contribution in [-0.2, 0) is 26.6 Å². The van der Waals surface area contributed by atoms with E-state index < -0.39 is 33.8 Å². The van der Waals surface area contributed by atoms with Crippen LogP contribution in [0.25, 0.3) is 0 Å². The molecule has 3 fully saturated rings. The average molecular weight is 671 g/mol. The lowest BCUT2D eigenvalue weighted by atomic mass is 10.0. The van der Waals surface area contributed by atoms with Gasteiger partial charge >= 0.3 is 14.8 Å². The second-order valence-corrected chi connectivity index (χ2v) is 31.8. The molecule has 0 heterocycles. The Balaban J connectivity index is 1.84. The lowest BCUT2D eigenvalue weighted by molar-refractivity contribution is -0.140. The second kappa shape index (κ2) is 17.2. The first-order chi connectivity index (χ1) is 20.3. The van der Waals surface area contributed by atoms with Crippen molar-refractivity contribution in [2.24, 2.45) is 0 Å². The normalized spacial score (nSPS) is 20.7. The van der Waals surface area contributed by atoms with Crippen LogP contribution in [0.5, 0.6) is 0 Å². The third kappa shape index (κ3) is 11.9. The van der Waals surface area contributed by atoms with Crippen LogP contribution in [-0.4, -0.2) is 59.5 Å². The highest BCUT2D eigenvalue weighted by molar-refractivity contribution is 6.91. The molecule has 0 aliphatic heterocycles. The first kappa shape index (κ1) is 37.4. The summed E-state index contributed by atoms with van der Waals surface area (Å²) in [5.41, 5.74) is 2.46. The van der Waals surface area contributed by atoms with E-state index in [1.165, 1.54) is 96.3 Å². The molecule has 0 atom stereocenters. The summed E-state index contributed by atoms with van der Waals surface area (Å²) < 4.78 is 34.2. The fourth-order valence-electron chi connectivity index (χ4n) is 7.87. The minimum Gasteiger partial charge on any atom is -0.460 e. The number of hydrogen-bond donors (Lipinski definition) is 0. The SMILES string of the molecule is C=C(C)C(=O)OCCOCCC[Si](O[Si](C)(C)C1CCCCC1)(O[Si](C)(C)C1CCCCC1)O[Si](C)(C)C1CCCCC1. The first-order valence-electron chi connectivity index (χ1n) is 17.8. The molecule has 3 aliphatic rings. The predicted octanol–water partition coefficient (Wildman–Crippen LogP) is 10.1. The van der Waals surface area contributed by atoms with Gasteiger partial charge in [-0.3, -0.25) is 0 Å². The fraction of sp³-hybridized carbons (Fsp3) is 0.909. The third-order valence-electron chi connectivity index (χ3n) is 10.6. The molecule has 43 heavy (non-hydrogen) atoms. The van der Waals surface area contributed by atoms with Gasteiger partial charge in [0, 0.05) is 18.2 Å². The van der Waals surface area contributed by atoms with Gasteiger partial charge < -0.3 is 21.8 Å². The molecule has 0 aromatic heterocycles. The Kier molecular flexibility index (Phi) is 14.9. The summed E-state index contributed by atoms with van der Waals surface area (Å²) in [7, 11) is -9.32. The zero-order valence-electron chi connectivity index (χ0n) is 29.0. The third-order valence-corrected chi connectivity index (χ3v) is 29.2. The Morgan fingerprint density at radius 2 is 0.977 bits per heavy atom. The summed E-state index contributed by atoms with van der Waals surface area (Å²) in [6.07, 6.45) is 20.7. The van der Waals surface area contributed by atoms with Crippen LogP contribution in [0.1, 0.15) is 110 Å². The van der Waals surface area contributed by atoms with Gasteiger partial charge in [0.05, 0.1) is 6.61 Å². The van der Waals surface area contributed by atoms with Crippen molar-refractivity contribution >= 4 is 39.7 Å². The van der Waals surface area contributed by atoms with Gasteiger partial charge in [-0.25, -0.2) is 4.79 Å². The zero-order chi connectivity index (χ0) is 31.6. The standard InChI is InChI=1S/C33H66O6Si4/c1-29(2)33(34)36-27-26-35-25-18-28-43(37-40(3,4)30-19-12-9-13-20-30,38-41(5,6)31-21-14-10-15-22-31)39-42(7,8)32-23-16-11-17-24-32/h30-32H,1,9-28H2,2-8H3. The second-order valence-electron chi connectivity index (χ2n) is 15.4. The molecule has 3 saturated carbocycles. The van der Waals surface area contributed by atoms with Crippen LogP contribution in [0.2, 0.25) is 61.9 Å². The fourth-order valence-corrected chi connectivity index (χ4v) is 28.3. The molecule has 3 aliphatic carbocycles. The molecular weight excluding hydrogens is 605 g/mol. The summed E-state index contributed by atoms with van der Waals surface area (Å²) in [5, 5.41) is 0. The maximum Gasteiger partial charge on any atom is 0.469 e. The predicted molar refractivity (Wildman–Crippen MR) is 188 cm³/mol. The maximum atomic E-state index is 11.7. The molecule has 10 heteroatoms. The van der Waals surface area contributed by atoms with Gasteiger partial charge in [-0.05, 0) is 69.3 Å². The number of ether oxygens (including phenoxy) is 2. The van der Waals surface area contributed by atoms with Crippen molar-refractivity contribution in [1.29, 1.82) is 0 Å². The van der Waals surface area contributed by atoms with Crippen LogP contribution >= 0.6 is 0 Å². The van der Waals surface area contributed by atoms with Crippen molar-refractivity contribution in [3.8, 4) is 0 Å². The van der Waals surface area contributed by atoms with E-state index in [9.17, 15) is 4.79 Å². The lowest BCUT2D eigenvalue weighted by Crippen LogP contribution is -2.64. The molecular formula is C33H66O6Si4. The Morgan fingerprint density at radius 3 is 1.33 bits per heavy atom. The van der Waals surface area contributed by atoms with Gasteiger partial charge in [-0.1, -0.05) is 103 Å². The number of hydrogen-bond acceptors (Lipinski definition) is 6. The van der Waals surface area contributed by atoms with E-state index in [4.69, 9.17) is 21.8 Å². The van der Waals surface area contributed by atoms with E-state index in [2.05, 4.69) is 45.9 Å². The number of carbonyl (C=O) groups is 1. The highest BCUT2D eigenvalue weighted by atomic mass is 28.5. The van der Waals surface area contributed by atoms with E-state index >= 15 is 0 Å². The molecule has 0 unspecified atom stereocenters. The van der Waals surface area contributed by atoms with Crippen LogP contribution in [0.15, 0.2) is 12.2 Å². The Morgan fingerprint density at radius 1 is 0.605 bits per heavy atom. The monoisotopic (exact) mass is 670 g/mol. The molecule has 0 amide bonds. The molecule has 0 radical (unpaired) electrons. The lowest BCUT2D eigenvalue weighted by Gasteiger charge is -2.50. The van der Waals surface area contributed by atoms with Crippen molar-refractivity contribution in [3.63, 3.8) is 0 Å². The van der Waals surface area contributed by atoms with E-state index in [1.807, 2.05) is 0 Å². The first-order valence-corrected chi connectivity index (χ1v) is 28.7. The highest BCUT2D eigenvalue weighted by Crippen LogP contribution is 2.46. The Hall–Kier alpha value is -0.0825. The average Bonchev–Trinajstić information content (AvgIpc) is 2.97. The van der Waals surface area contributed by atoms with E-state index in [-0.39, 0.29) is 12.6 Å². The minimum absolute atomic E-state index is 0.253. The van der Waals surface area contributed by atoms with Crippen LogP contribution in [0, 0.1) is 0 Å². The molecule has 0 spiro atoms. The van der Waals surface area contributed by atoms with E-state index in [1.54, 1.807) is 6.92 Å².